The van der Waals surface area contributed by atoms with Gasteiger partial charge in [0.1, 0.15) is 6.10 Å². The summed E-state index contributed by atoms with van der Waals surface area (Å²) in [5.74, 6) is -0.339. The van der Waals surface area contributed by atoms with Gasteiger partial charge in [0.15, 0.2) is 6.29 Å². The highest BCUT2D eigenvalue weighted by Gasteiger charge is 2.40. The first-order valence-electron chi connectivity index (χ1n) is 3.83. The summed E-state index contributed by atoms with van der Waals surface area (Å²) < 4.78 is 5.58. The molecular weight excluding hydrogens is 275 g/mol. The first kappa shape index (κ1) is 10.6. The number of hydrogen-bond donors (Lipinski definition) is 3. The van der Waals surface area contributed by atoms with E-state index in [9.17, 15) is 15.3 Å². The molecule has 1 heterocycles. The van der Waals surface area contributed by atoms with Gasteiger partial charge in [-0.15, -0.1) is 0 Å². The van der Waals surface area contributed by atoms with E-state index < -0.39 is 18.5 Å². The first-order valence-corrected chi connectivity index (χ1v) is 5.36. The van der Waals surface area contributed by atoms with Gasteiger partial charge in [-0.05, 0) is 0 Å². The lowest BCUT2D eigenvalue weighted by atomic mass is 9.91. The maximum Gasteiger partial charge on any atom is 0.181 e. The van der Waals surface area contributed by atoms with Crippen LogP contribution in [0.25, 0.3) is 0 Å². The zero-order valence-corrected chi connectivity index (χ0v) is 8.88. The lowest BCUT2D eigenvalue weighted by Gasteiger charge is -2.38. The lowest BCUT2D eigenvalue weighted by Crippen LogP contribution is -2.53. The number of halogens is 1. The van der Waals surface area contributed by atoms with Crippen LogP contribution in [-0.2, 0) is 4.74 Å². The van der Waals surface area contributed by atoms with Crippen LogP contribution >= 0.6 is 22.6 Å². The topological polar surface area (TPSA) is 69.9 Å². The number of alkyl halides is 1. The SMILES string of the molecule is C[C@@H]1[C@@H](O)[C@H](CI)OC(O)[C@H]1O. The summed E-state index contributed by atoms with van der Waals surface area (Å²) in [5, 5.41) is 28.0. The molecule has 1 aliphatic heterocycles. The number of aliphatic hydroxyl groups excluding tert-OH is 3. The van der Waals surface area contributed by atoms with Crippen molar-refractivity contribution in [3.05, 3.63) is 0 Å². The first-order chi connectivity index (χ1) is 5.57. The minimum atomic E-state index is -1.16. The van der Waals surface area contributed by atoms with Gasteiger partial charge in [-0.2, -0.15) is 0 Å². The Balaban J connectivity index is 2.63. The van der Waals surface area contributed by atoms with E-state index in [1.807, 2.05) is 0 Å². The molecule has 72 valence electrons. The Morgan fingerprint density at radius 1 is 1.25 bits per heavy atom. The van der Waals surface area contributed by atoms with Gasteiger partial charge >= 0.3 is 0 Å². The summed E-state index contributed by atoms with van der Waals surface area (Å²) in [6.45, 7) is 1.69. The molecule has 0 bridgehead atoms. The van der Waals surface area contributed by atoms with Crippen molar-refractivity contribution in [1.29, 1.82) is 0 Å². The van der Waals surface area contributed by atoms with Gasteiger partial charge in [-0.3, -0.25) is 0 Å². The highest BCUT2D eigenvalue weighted by atomic mass is 127. The fourth-order valence-electron chi connectivity index (χ4n) is 1.27. The van der Waals surface area contributed by atoms with E-state index in [0.29, 0.717) is 4.43 Å². The Hall–Kier alpha value is 0.570. The minimum Gasteiger partial charge on any atom is -0.390 e. The molecule has 0 spiro atoms. The molecule has 0 aromatic rings. The normalized spacial score (nSPS) is 49.2. The smallest absolute Gasteiger partial charge is 0.181 e. The van der Waals surface area contributed by atoms with Crippen LogP contribution in [0.3, 0.4) is 0 Å². The molecule has 12 heavy (non-hydrogen) atoms. The highest BCUT2D eigenvalue weighted by molar-refractivity contribution is 14.1. The molecule has 3 N–H and O–H groups in total. The molecule has 0 saturated carbocycles. The number of hydrogen-bond acceptors (Lipinski definition) is 4. The molecule has 5 atom stereocenters. The summed E-state index contributed by atoms with van der Waals surface area (Å²) in [6.07, 6.45) is -3.22. The summed E-state index contributed by atoms with van der Waals surface area (Å²) in [7, 11) is 0. The fraction of sp³-hybridized carbons (Fsp3) is 1.00. The third-order valence-electron chi connectivity index (χ3n) is 2.22. The summed E-state index contributed by atoms with van der Waals surface area (Å²) >= 11 is 2.07. The van der Waals surface area contributed by atoms with Crippen LogP contribution in [0, 0.1) is 5.92 Å². The average molecular weight is 288 g/mol. The number of aliphatic hydroxyl groups is 3. The molecule has 1 rings (SSSR count). The van der Waals surface area contributed by atoms with Crippen molar-refractivity contribution in [2.24, 2.45) is 5.92 Å². The lowest BCUT2D eigenvalue weighted by molar-refractivity contribution is -0.259. The third kappa shape index (κ3) is 1.90. The molecule has 1 saturated heterocycles. The van der Waals surface area contributed by atoms with Crippen LogP contribution in [0.2, 0.25) is 0 Å². The van der Waals surface area contributed by atoms with E-state index >= 15 is 0 Å². The molecule has 5 heteroatoms. The molecule has 0 radical (unpaired) electrons. The van der Waals surface area contributed by atoms with Gasteiger partial charge in [0.05, 0.1) is 12.2 Å². The standard InChI is InChI=1S/C7H13IO4/c1-3-5(9)4(2-8)12-7(11)6(3)10/h3-7,9-11H,2H2,1H3/t3-,4+,5-,6+,7?/m1/s1. The summed E-state index contributed by atoms with van der Waals surface area (Å²) in [5.41, 5.74) is 0. The second-order valence-corrected chi connectivity index (χ2v) is 3.94. The van der Waals surface area contributed by atoms with Crippen LogP contribution in [0.1, 0.15) is 6.92 Å². The minimum absolute atomic E-state index is 0.339. The second kappa shape index (κ2) is 4.19. The van der Waals surface area contributed by atoms with Crippen LogP contribution in [-0.4, -0.2) is 44.3 Å². The summed E-state index contributed by atoms with van der Waals surface area (Å²) in [4.78, 5) is 0. The Morgan fingerprint density at radius 3 is 2.33 bits per heavy atom. The van der Waals surface area contributed by atoms with E-state index in [1.165, 1.54) is 0 Å². The van der Waals surface area contributed by atoms with Gasteiger partial charge in [-0.1, -0.05) is 29.5 Å². The molecule has 0 amide bonds. The molecule has 1 fully saturated rings. The van der Waals surface area contributed by atoms with Crippen LogP contribution < -0.4 is 0 Å². The molecule has 1 unspecified atom stereocenters. The number of rotatable bonds is 1. The maximum atomic E-state index is 9.52. The monoisotopic (exact) mass is 288 g/mol. The van der Waals surface area contributed by atoms with Gasteiger partial charge in [0, 0.05) is 10.3 Å². The Bertz CT molecular complexity index is 150. The van der Waals surface area contributed by atoms with Crippen molar-refractivity contribution in [1.82, 2.24) is 0 Å². The molecule has 0 aromatic heterocycles. The Morgan fingerprint density at radius 2 is 1.83 bits per heavy atom. The van der Waals surface area contributed by atoms with E-state index in [4.69, 9.17) is 4.74 Å². The van der Waals surface area contributed by atoms with Gasteiger partial charge in [0.25, 0.3) is 0 Å². The van der Waals surface area contributed by atoms with E-state index in [2.05, 4.69) is 22.6 Å². The molecular formula is C7H13IO4. The van der Waals surface area contributed by atoms with Gasteiger partial charge in [0.2, 0.25) is 0 Å². The molecule has 4 nitrogen and oxygen atoms in total. The van der Waals surface area contributed by atoms with Crippen LogP contribution in [0.5, 0.6) is 0 Å². The molecule has 0 aliphatic carbocycles. The van der Waals surface area contributed by atoms with Crippen LogP contribution in [0.15, 0.2) is 0 Å². The largest absolute Gasteiger partial charge is 0.390 e. The molecule has 0 aromatic carbocycles. The van der Waals surface area contributed by atoms with E-state index in [0.717, 1.165) is 0 Å². The van der Waals surface area contributed by atoms with Crippen molar-refractivity contribution < 1.29 is 20.1 Å². The van der Waals surface area contributed by atoms with Crippen molar-refractivity contribution >= 4 is 22.6 Å². The Labute approximate surface area is 84.7 Å². The number of ether oxygens (including phenoxy) is 1. The highest BCUT2D eigenvalue weighted by Crippen LogP contribution is 2.25. The molecule has 1 aliphatic rings. The second-order valence-electron chi connectivity index (χ2n) is 3.06. The zero-order valence-electron chi connectivity index (χ0n) is 6.72. The van der Waals surface area contributed by atoms with Gasteiger partial charge in [-0.25, -0.2) is 0 Å². The Kier molecular flexibility index (Phi) is 3.72. The van der Waals surface area contributed by atoms with Crippen molar-refractivity contribution in [3.63, 3.8) is 0 Å². The van der Waals surface area contributed by atoms with Crippen molar-refractivity contribution in [3.8, 4) is 0 Å². The predicted molar refractivity (Wildman–Crippen MR) is 50.9 cm³/mol. The fourth-order valence-corrected chi connectivity index (χ4v) is 2.00. The third-order valence-corrected chi connectivity index (χ3v) is 3.08. The zero-order chi connectivity index (χ0) is 9.30. The van der Waals surface area contributed by atoms with Crippen LogP contribution in [0.4, 0.5) is 0 Å². The van der Waals surface area contributed by atoms with Crippen molar-refractivity contribution in [2.45, 2.75) is 31.5 Å². The van der Waals surface area contributed by atoms with E-state index in [1.54, 1.807) is 6.92 Å². The maximum absolute atomic E-state index is 9.52. The van der Waals surface area contributed by atoms with Crippen molar-refractivity contribution in [2.75, 3.05) is 4.43 Å². The van der Waals surface area contributed by atoms with Gasteiger partial charge < -0.3 is 20.1 Å². The quantitative estimate of drug-likeness (QED) is 0.449. The van der Waals surface area contributed by atoms with E-state index in [-0.39, 0.29) is 12.0 Å². The predicted octanol–water partition coefficient (Wildman–Crippen LogP) is -0.503. The summed E-state index contributed by atoms with van der Waals surface area (Å²) in [6, 6.07) is 0. The average Bonchev–Trinajstić information content (AvgIpc) is 2.08.